The number of hydrogen-bond acceptors (Lipinski definition) is 2. The van der Waals surface area contributed by atoms with Crippen LogP contribution in [0, 0.1) is 0 Å². The molecule has 5 heteroatoms. The van der Waals surface area contributed by atoms with E-state index in [-0.39, 0.29) is 11.7 Å². The zero-order valence-electron chi connectivity index (χ0n) is 10.2. The first-order valence-corrected chi connectivity index (χ1v) is 7.03. The average molecular weight is 351 g/mol. The van der Waals surface area contributed by atoms with Crippen molar-refractivity contribution in [2.75, 3.05) is 5.32 Å². The van der Waals surface area contributed by atoms with Crippen LogP contribution >= 0.6 is 27.5 Å². The van der Waals surface area contributed by atoms with Crippen molar-refractivity contribution in [3.05, 3.63) is 57.0 Å². The van der Waals surface area contributed by atoms with Gasteiger partial charge in [-0.05, 0) is 57.9 Å². The van der Waals surface area contributed by atoms with Gasteiger partial charge in [0.05, 0.1) is 4.47 Å². The third kappa shape index (κ3) is 2.32. The Labute approximate surface area is 129 Å². The van der Waals surface area contributed by atoms with Crippen molar-refractivity contribution in [2.24, 2.45) is 0 Å². The van der Waals surface area contributed by atoms with Crippen LogP contribution in [-0.2, 0) is 4.79 Å². The Bertz CT molecular complexity index is 756. The van der Waals surface area contributed by atoms with Crippen molar-refractivity contribution < 1.29 is 9.90 Å². The highest BCUT2D eigenvalue weighted by molar-refractivity contribution is 9.10. The number of aromatic hydroxyl groups is 1. The minimum absolute atomic E-state index is 0.159. The standard InChI is InChI=1S/C15H9BrClNO2/c16-12-6-8(1-4-14(12)19)5-11-10-7-9(17)2-3-13(10)18-15(11)20/h1-7,19H,(H,18,20)/b11-5-. The van der Waals surface area contributed by atoms with E-state index in [4.69, 9.17) is 11.6 Å². The lowest BCUT2D eigenvalue weighted by Crippen LogP contribution is -2.03. The zero-order valence-corrected chi connectivity index (χ0v) is 12.5. The molecule has 0 atom stereocenters. The molecule has 0 unspecified atom stereocenters. The molecule has 1 aliphatic heterocycles. The van der Waals surface area contributed by atoms with Crippen LogP contribution in [0.15, 0.2) is 40.9 Å². The molecule has 3 rings (SSSR count). The van der Waals surface area contributed by atoms with Gasteiger partial charge in [0.1, 0.15) is 5.75 Å². The summed E-state index contributed by atoms with van der Waals surface area (Å²) in [5.41, 5.74) is 2.91. The van der Waals surface area contributed by atoms with E-state index < -0.39 is 0 Å². The summed E-state index contributed by atoms with van der Waals surface area (Å²) in [6.45, 7) is 0. The largest absolute Gasteiger partial charge is 0.507 e. The normalized spacial score (nSPS) is 15.3. The Morgan fingerprint density at radius 3 is 2.75 bits per heavy atom. The zero-order chi connectivity index (χ0) is 14.3. The van der Waals surface area contributed by atoms with Crippen LogP contribution < -0.4 is 5.32 Å². The molecule has 0 bridgehead atoms. The first kappa shape index (κ1) is 13.2. The fourth-order valence-corrected chi connectivity index (χ4v) is 2.65. The van der Waals surface area contributed by atoms with Crippen LogP contribution in [0.25, 0.3) is 11.6 Å². The van der Waals surface area contributed by atoms with Gasteiger partial charge in [0.15, 0.2) is 0 Å². The molecule has 0 aromatic heterocycles. The van der Waals surface area contributed by atoms with Gasteiger partial charge in [-0.15, -0.1) is 0 Å². The molecule has 0 aliphatic carbocycles. The van der Waals surface area contributed by atoms with E-state index in [0.29, 0.717) is 15.1 Å². The van der Waals surface area contributed by atoms with Gasteiger partial charge >= 0.3 is 0 Å². The van der Waals surface area contributed by atoms with E-state index in [1.54, 1.807) is 42.5 Å². The molecule has 0 saturated heterocycles. The summed E-state index contributed by atoms with van der Waals surface area (Å²) >= 11 is 9.23. The molecule has 0 saturated carbocycles. The van der Waals surface area contributed by atoms with E-state index >= 15 is 0 Å². The molecule has 1 heterocycles. The number of amides is 1. The molecule has 100 valence electrons. The van der Waals surface area contributed by atoms with E-state index in [9.17, 15) is 9.90 Å². The Balaban J connectivity index is 2.10. The highest BCUT2D eigenvalue weighted by Gasteiger charge is 2.24. The summed E-state index contributed by atoms with van der Waals surface area (Å²) in [6, 6.07) is 10.3. The summed E-state index contributed by atoms with van der Waals surface area (Å²) in [5.74, 6) is -0.00191. The van der Waals surface area contributed by atoms with E-state index in [1.807, 2.05) is 0 Å². The average Bonchev–Trinajstić information content (AvgIpc) is 2.70. The number of phenolic OH excluding ortho intramolecular Hbond substituents is 1. The van der Waals surface area contributed by atoms with E-state index in [2.05, 4.69) is 21.2 Å². The maximum absolute atomic E-state index is 12.0. The lowest BCUT2D eigenvalue weighted by Gasteiger charge is -2.01. The fourth-order valence-electron chi connectivity index (χ4n) is 2.08. The van der Waals surface area contributed by atoms with Crippen LogP contribution in [0.1, 0.15) is 11.1 Å². The Hall–Kier alpha value is -1.78. The lowest BCUT2D eigenvalue weighted by molar-refractivity contribution is -0.110. The molecule has 0 radical (unpaired) electrons. The van der Waals surface area contributed by atoms with Crippen molar-refractivity contribution in [2.45, 2.75) is 0 Å². The van der Waals surface area contributed by atoms with Crippen LogP contribution in [-0.4, -0.2) is 11.0 Å². The first-order valence-electron chi connectivity index (χ1n) is 5.86. The molecule has 0 fully saturated rings. The molecular weight excluding hydrogens is 342 g/mol. The second-order valence-electron chi connectivity index (χ2n) is 4.41. The number of fused-ring (bicyclic) bond motifs is 1. The number of rotatable bonds is 1. The summed E-state index contributed by atoms with van der Waals surface area (Å²) in [4.78, 5) is 12.0. The quantitative estimate of drug-likeness (QED) is 0.753. The number of nitrogens with one attached hydrogen (secondary N) is 1. The minimum atomic E-state index is -0.161. The number of halogens is 2. The summed E-state index contributed by atoms with van der Waals surface area (Å²) in [6.07, 6.45) is 1.77. The van der Waals surface area contributed by atoms with Crippen LogP contribution in [0.5, 0.6) is 5.75 Å². The summed E-state index contributed by atoms with van der Waals surface area (Å²) in [7, 11) is 0. The smallest absolute Gasteiger partial charge is 0.256 e. The third-order valence-electron chi connectivity index (χ3n) is 3.05. The van der Waals surface area contributed by atoms with Gasteiger partial charge in [0.25, 0.3) is 5.91 Å². The van der Waals surface area contributed by atoms with Gasteiger partial charge in [-0.3, -0.25) is 4.79 Å². The van der Waals surface area contributed by atoms with Crippen LogP contribution in [0.2, 0.25) is 5.02 Å². The van der Waals surface area contributed by atoms with Crippen LogP contribution in [0.4, 0.5) is 5.69 Å². The van der Waals surface area contributed by atoms with Gasteiger partial charge < -0.3 is 10.4 Å². The molecule has 2 aromatic rings. The number of phenols is 1. The predicted molar refractivity (Wildman–Crippen MR) is 83.8 cm³/mol. The second kappa shape index (κ2) is 4.96. The van der Waals surface area contributed by atoms with Crippen LogP contribution in [0.3, 0.4) is 0 Å². The van der Waals surface area contributed by atoms with Gasteiger partial charge in [0.2, 0.25) is 0 Å². The molecular formula is C15H9BrClNO2. The number of carbonyl (C=O) groups excluding carboxylic acids is 1. The molecule has 2 aromatic carbocycles. The van der Waals surface area contributed by atoms with Crippen molar-refractivity contribution in [3.63, 3.8) is 0 Å². The maximum atomic E-state index is 12.0. The molecule has 3 nitrogen and oxygen atoms in total. The number of anilines is 1. The molecule has 1 amide bonds. The summed E-state index contributed by atoms with van der Waals surface area (Å²) in [5, 5.41) is 12.9. The van der Waals surface area contributed by atoms with Gasteiger partial charge in [-0.1, -0.05) is 17.7 Å². The molecule has 0 spiro atoms. The van der Waals surface area contributed by atoms with Crippen molar-refractivity contribution >= 4 is 50.8 Å². The van der Waals surface area contributed by atoms with Crippen molar-refractivity contribution in [1.82, 2.24) is 0 Å². The third-order valence-corrected chi connectivity index (χ3v) is 3.92. The fraction of sp³-hybridized carbons (Fsp3) is 0. The second-order valence-corrected chi connectivity index (χ2v) is 5.70. The van der Waals surface area contributed by atoms with Gasteiger partial charge in [-0.2, -0.15) is 0 Å². The Morgan fingerprint density at radius 1 is 1.20 bits per heavy atom. The molecule has 2 N–H and O–H groups in total. The highest BCUT2D eigenvalue weighted by atomic mass is 79.9. The van der Waals surface area contributed by atoms with Gasteiger partial charge in [0, 0.05) is 21.8 Å². The first-order chi connectivity index (χ1) is 9.54. The number of hydrogen-bond donors (Lipinski definition) is 2. The minimum Gasteiger partial charge on any atom is -0.507 e. The van der Waals surface area contributed by atoms with E-state index in [1.165, 1.54) is 0 Å². The number of carbonyl (C=O) groups is 1. The monoisotopic (exact) mass is 349 g/mol. The predicted octanol–water partition coefficient (Wildman–Crippen LogP) is 4.30. The van der Waals surface area contributed by atoms with E-state index in [0.717, 1.165) is 16.8 Å². The molecule has 1 aliphatic rings. The van der Waals surface area contributed by atoms with Crippen molar-refractivity contribution in [3.8, 4) is 5.75 Å². The van der Waals surface area contributed by atoms with Crippen molar-refractivity contribution in [1.29, 1.82) is 0 Å². The Kier molecular flexibility index (Phi) is 3.28. The SMILES string of the molecule is O=C1Nc2ccc(Cl)cc2/C1=C/c1ccc(O)c(Br)c1. The topological polar surface area (TPSA) is 49.3 Å². The summed E-state index contributed by atoms with van der Waals surface area (Å²) < 4.78 is 0.580. The number of benzene rings is 2. The molecule has 20 heavy (non-hydrogen) atoms. The lowest BCUT2D eigenvalue weighted by atomic mass is 10.0. The Morgan fingerprint density at radius 2 is 2.00 bits per heavy atom. The van der Waals surface area contributed by atoms with Gasteiger partial charge in [-0.25, -0.2) is 0 Å². The highest BCUT2D eigenvalue weighted by Crippen LogP contribution is 2.35. The maximum Gasteiger partial charge on any atom is 0.256 e.